The van der Waals surface area contributed by atoms with Crippen LogP contribution in [0.3, 0.4) is 0 Å². The number of anilines is 1. The van der Waals surface area contributed by atoms with E-state index in [9.17, 15) is 13.2 Å². The molecule has 0 aliphatic carbocycles. The zero-order chi connectivity index (χ0) is 22.4. The van der Waals surface area contributed by atoms with Crippen molar-refractivity contribution in [3.05, 3.63) is 59.7 Å². The molecule has 0 atom stereocenters. The highest BCUT2D eigenvalue weighted by molar-refractivity contribution is 7.91. The summed E-state index contributed by atoms with van der Waals surface area (Å²) in [6.45, 7) is 6.34. The zero-order valence-corrected chi connectivity index (χ0v) is 19.0. The summed E-state index contributed by atoms with van der Waals surface area (Å²) in [6, 6.07) is 13.5. The molecular weight excluding hydrogens is 404 g/mol. The molecular formula is C22H30N2O5S. The van der Waals surface area contributed by atoms with Crippen LogP contribution in [-0.2, 0) is 20.5 Å². The summed E-state index contributed by atoms with van der Waals surface area (Å²) >= 11 is 0. The van der Waals surface area contributed by atoms with Crippen LogP contribution in [-0.4, -0.2) is 52.1 Å². The Labute approximate surface area is 179 Å². The lowest BCUT2D eigenvalue weighted by molar-refractivity contribution is 0.00695. The van der Waals surface area contributed by atoms with E-state index in [4.69, 9.17) is 9.47 Å². The zero-order valence-electron chi connectivity index (χ0n) is 18.1. The highest BCUT2D eigenvalue weighted by atomic mass is 32.2. The van der Waals surface area contributed by atoms with Crippen molar-refractivity contribution in [2.24, 2.45) is 0 Å². The molecule has 0 aliphatic heterocycles. The molecule has 2 aromatic carbocycles. The highest BCUT2D eigenvalue weighted by Gasteiger charge is 2.21. The van der Waals surface area contributed by atoms with Crippen molar-refractivity contribution in [3.63, 3.8) is 0 Å². The topological polar surface area (TPSA) is 84.9 Å². The molecule has 0 bridgehead atoms. The van der Waals surface area contributed by atoms with E-state index in [1.165, 1.54) is 6.07 Å². The van der Waals surface area contributed by atoms with Crippen LogP contribution >= 0.6 is 0 Å². The number of carbonyl (C=O) groups excluding carboxylic acids is 1. The molecule has 0 saturated carbocycles. The molecule has 2 rings (SSSR count). The van der Waals surface area contributed by atoms with Gasteiger partial charge in [-0.25, -0.2) is 13.2 Å². The van der Waals surface area contributed by atoms with Gasteiger partial charge in [0.05, 0.1) is 17.0 Å². The van der Waals surface area contributed by atoms with Crippen LogP contribution in [0.4, 0.5) is 5.69 Å². The summed E-state index contributed by atoms with van der Waals surface area (Å²) in [5, 5.41) is 0. The molecule has 2 aromatic rings. The average Bonchev–Trinajstić information content (AvgIpc) is 2.61. The molecule has 8 heteroatoms. The Morgan fingerprint density at radius 1 is 1.07 bits per heavy atom. The molecule has 0 unspecified atom stereocenters. The first-order valence-electron chi connectivity index (χ1n) is 9.64. The van der Waals surface area contributed by atoms with Gasteiger partial charge in [-0.2, -0.15) is 0 Å². The van der Waals surface area contributed by atoms with Crippen molar-refractivity contribution in [2.45, 2.75) is 32.1 Å². The minimum atomic E-state index is -3.72. The third-order valence-corrected chi connectivity index (χ3v) is 5.12. The number of nitrogens with zero attached hydrogens (tertiary/aromatic N) is 1. The van der Waals surface area contributed by atoms with E-state index in [2.05, 4.69) is 4.72 Å². The summed E-state index contributed by atoms with van der Waals surface area (Å²) in [5.41, 5.74) is 0.434. The maximum atomic E-state index is 12.7. The first-order valence-corrected chi connectivity index (χ1v) is 11.3. The minimum absolute atomic E-state index is 0.193. The summed E-state index contributed by atoms with van der Waals surface area (Å²) in [4.78, 5) is 14.4. The second-order valence-electron chi connectivity index (χ2n) is 8.21. The SMILES string of the molecule is CN(C)CCOc1ccc(C(=O)OC(C)(C)C)cc1NS(=O)(=O)Cc1ccccc1. The van der Waals surface area contributed by atoms with Crippen molar-refractivity contribution in [3.8, 4) is 5.75 Å². The molecule has 0 radical (unpaired) electrons. The van der Waals surface area contributed by atoms with Gasteiger partial charge in [-0.1, -0.05) is 30.3 Å². The van der Waals surface area contributed by atoms with Crippen LogP contribution in [0.5, 0.6) is 5.75 Å². The Bertz CT molecular complexity index is 951. The molecule has 0 amide bonds. The molecule has 0 aliphatic rings. The molecule has 0 heterocycles. The first-order chi connectivity index (χ1) is 14.0. The van der Waals surface area contributed by atoms with Crippen LogP contribution in [0, 0.1) is 0 Å². The maximum Gasteiger partial charge on any atom is 0.338 e. The number of carbonyl (C=O) groups is 1. The Hall–Kier alpha value is -2.58. The average molecular weight is 435 g/mol. The first kappa shape index (κ1) is 23.7. The van der Waals surface area contributed by atoms with Gasteiger partial charge in [0.2, 0.25) is 10.0 Å². The van der Waals surface area contributed by atoms with Crippen LogP contribution in [0.15, 0.2) is 48.5 Å². The fourth-order valence-corrected chi connectivity index (χ4v) is 3.73. The highest BCUT2D eigenvalue weighted by Crippen LogP contribution is 2.28. The third kappa shape index (κ3) is 8.04. The molecule has 7 nitrogen and oxygen atoms in total. The molecule has 1 N–H and O–H groups in total. The predicted molar refractivity (Wildman–Crippen MR) is 118 cm³/mol. The second-order valence-corrected chi connectivity index (χ2v) is 9.93. The number of hydrogen-bond acceptors (Lipinski definition) is 6. The predicted octanol–water partition coefficient (Wildman–Crippen LogP) is 3.52. The lowest BCUT2D eigenvalue weighted by atomic mass is 10.1. The van der Waals surface area contributed by atoms with Crippen LogP contribution in [0.2, 0.25) is 0 Å². The van der Waals surface area contributed by atoms with Crippen molar-refractivity contribution >= 4 is 21.7 Å². The summed E-state index contributed by atoms with van der Waals surface area (Å²) in [6.07, 6.45) is 0. The standard InChI is InChI=1S/C22H30N2O5S/c1-22(2,3)29-21(25)18-11-12-20(28-14-13-24(4)5)19(15-18)23-30(26,27)16-17-9-7-6-8-10-17/h6-12,15,23H,13-14,16H2,1-5H3. The Morgan fingerprint density at radius 2 is 1.73 bits per heavy atom. The number of hydrogen-bond donors (Lipinski definition) is 1. The van der Waals surface area contributed by atoms with Gasteiger partial charge in [-0.15, -0.1) is 0 Å². The van der Waals surface area contributed by atoms with E-state index in [-0.39, 0.29) is 17.0 Å². The van der Waals surface area contributed by atoms with Crippen LogP contribution in [0.25, 0.3) is 0 Å². The van der Waals surface area contributed by atoms with Gasteiger partial charge >= 0.3 is 5.97 Å². The molecule has 0 spiro atoms. The van der Waals surface area contributed by atoms with E-state index in [1.54, 1.807) is 57.2 Å². The molecule has 30 heavy (non-hydrogen) atoms. The molecule has 164 valence electrons. The van der Waals surface area contributed by atoms with Crippen molar-refractivity contribution < 1.29 is 22.7 Å². The van der Waals surface area contributed by atoms with Crippen LogP contribution < -0.4 is 9.46 Å². The number of rotatable bonds is 9. The van der Waals surface area contributed by atoms with Crippen molar-refractivity contribution in [2.75, 3.05) is 32.0 Å². The Kier molecular flexibility index (Phi) is 7.86. The van der Waals surface area contributed by atoms with E-state index < -0.39 is 21.6 Å². The summed E-state index contributed by atoms with van der Waals surface area (Å²) in [5.74, 6) is -0.381. The third-order valence-electron chi connectivity index (χ3n) is 3.88. The fraction of sp³-hybridized carbons (Fsp3) is 0.409. The van der Waals surface area contributed by atoms with Gasteiger partial charge in [-0.05, 0) is 58.6 Å². The lowest BCUT2D eigenvalue weighted by Gasteiger charge is -2.20. The van der Waals surface area contributed by atoms with Crippen LogP contribution in [0.1, 0.15) is 36.7 Å². The smallest absolute Gasteiger partial charge is 0.338 e. The van der Waals surface area contributed by atoms with E-state index in [1.807, 2.05) is 25.1 Å². The van der Waals surface area contributed by atoms with E-state index in [0.717, 1.165) is 0 Å². The van der Waals surface area contributed by atoms with Crippen molar-refractivity contribution in [1.29, 1.82) is 0 Å². The van der Waals surface area contributed by atoms with Crippen molar-refractivity contribution in [1.82, 2.24) is 4.90 Å². The quantitative estimate of drug-likeness (QED) is 0.608. The summed E-state index contributed by atoms with van der Waals surface area (Å²) < 4.78 is 39.2. The summed E-state index contributed by atoms with van der Waals surface area (Å²) in [7, 11) is 0.109. The van der Waals surface area contributed by atoms with E-state index >= 15 is 0 Å². The fourth-order valence-electron chi connectivity index (χ4n) is 2.54. The van der Waals surface area contributed by atoms with E-state index in [0.29, 0.717) is 24.5 Å². The van der Waals surface area contributed by atoms with Gasteiger partial charge in [0.1, 0.15) is 18.0 Å². The minimum Gasteiger partial charge on any atom is -0.490 e. The second kappa shape index (κ2) is 9.95. The molecule has 0 aromatic heterocycles. The normalized spacial score (nSPS) is 11.9. The molecule has 0 fully saturated rings. The Morgan fingerprint density at radius 3 is 2.33 bits per heavy atom. The number of esters is 1. The largest absolute Gasteiger partial charge is 0.490 e. The number of likely N-dealkylation sites (N-methyl/N-ethyl adjacent to an activating group) is 1. The number of sulfonamides is 1. The monoisotopic (exact) mass is 434 g/mol. The van der Waals surface area contributed by atoms with Gasteiger partial charge in [0.15, 0.2) is 0 Å². The number of ether oxygens (including phenoxy) is 2. The Balaban J connectivity index is 2.29. The lowest BCUT2D eigenvalue weighted by Crippen LogP contribution is -2.24. The van der Waals surface area contributed by atoms with Gasteiger partial charge in [0, 0.05) is 6.54 Å². The van der Waals surface area contributed by atoms with Gasteiger partial charge < -0.3 is 14.4 Å². The van der Waals surface area contributed by atoms with Gasteiger partial charge in [-0.3, -0.25) is 4.72 Å². The molecule has 0 saturated heterocycles. The number of nitrogens with one attached hydrogen (secondary N) is 1. The number of benzene rings is 2. The maximum absolute atomic E-state index is 12.7. The van der Waals surface area contributed by atoms with Gasteiger partial charge in [0.25, 0.3) is 0 Å².